The predicted octanol–water partition coefficient (Wildman–Crippen LogP) is 3.98. The molecule has 2 aromatic rings. The Morgan fingerprint density at radius 2 is 1.93 bits per heavy atom. The number of ether oxygens (including phenoxy) is 2. The van der Waals surface area contributed by atoms with Crippen LogP contribution in [0.4, 0.5) is 4.39 Å². The van der Waals surface area contributed by atoms with Gasteiger partial charge >= 0.3 is 5.97 Å². The number of halogens is 2. The Kier molecular flexibility index (Phi) is 6.31. The number of hydrogen-bond acceptors (Lipinski definition) is 4. The molecule has 7 heteroatoms. The maximum absolute atomic E-state index is 14.4. The Labute approximate surface area is 167 Å². The van der Waals surface area contributed by atoms with Crippen LogP contribution in [-0.4, -0.2) is 25.1 Å². The van der Waals surface area contributed by atoms with Crippen molar-refractivity contribution in [2.45, 2.75) is 19.3 Å². The Bertz CT molecular complexity index is 894. The molecule has 146 valence electrons. The fraction of sp³-hybridized carbons (Fsp3) is 0.238. The number of hydrogen-bond donors (Lipinski definition) is 1. The first kappa shape index (κ1) is 19.9. The van der Waals surface area contributed by atoms with E-state index in [-0.39, 0.29) is 41.7 Å². The van der Waals surface area contributed by atoms with Crippen molar-refractivity contribution in [2.24, 2.45) is 0 Å². The molecule has 5 nitrogen and oxygen atoms in total. The second-order valence-electron chi connectivity index (χ2n) is 6.28. The highest BCUT2D eigenvalue weighted by Gasteiger charge is 2.35. The number of esters is 1. The number of allylic oxidation sites excluding steroid dienone is 1. The van der Waals surface area contributed by atoms with E-state index in [0.717, 1.165) is 0 Å². The van der Waals surface area contributed by atoms with Gasteiger partial charge in [0.1, 0.15) is 24.8 Å². The number of rotatable bonds is 6. The van der Waals surface area contributed by atoms with Gasteiger partial charge in [0.15, 0.2) is 0 Å². The minimum atomic E-state index is -0.815. The largest absolute Gasteiger partial charge is 0.490 e. The lowest BCUT2D eigenvalue weighted by molar-refractivity contribution is -0.140. The maximum atomic E-state index is 14.4. The topological polar surface area (TPSA) is 64.6 Å². The first-order chi connectivity index (χ1) is 13.5. The van der Waals surface area contributed by atoms with Crippen LogP contribution in [-0.2, 0) is 14.3 Å². The summed E-state index contributed by atoms with van der Waals surface area (Å²) >= 11 is 6.16. The average molecular weight is 404 g/mol. The minimum Gasteiger partial charge on any atom is -0.490 e. The average Bonchev–Trinajstić information content (AvgIpc) is 2.65. The quantitative estimate of drug-likeness (QED) is 0.585. The number of benzene rings is 2. The van der Waals surface area contributed by atoms with Crippen LogP contribution >= 0.6 is 11.6 Å². The van der Waals surface area contributed by atoms with Crippen molar-refractivity contribution in [1.82, 2.24) is 5.32 Å². The molecule has 0 bridgehead atoms. The van der Waals surface area contributed by atoms with Gasteiger partial charge in [0.2, 0.25) is 5.91 Å². The number of para-hydroxylation sites is 1. The normalized spacial score (nSPS) is 16.5. The second-order valence-corrected chi connectivity index (χ2v) is 6.68. The van der Waals surface area contributed by atoms with Gasteiger partial charge in [-0.1, -0.05) is 35.9 Å². The van der Waals surface area contributed by atoms with E-state index in [1.807, 2.05) is 18.2 Å². The van der Waals surface area contributed by atoms with Crippen LogP contribution in [0.25, 0.3) is 0 Å². The summed E-state index contributed by atoms with van der Waals surface area (Å²) in [5, 5.41) is 2.77. The zero-order valence-corrected chi connectivity index (χ0v) is 16.0. The van der Waals surface area contributed by atoms with E-state index in [0.29, 0.717) is 11.4 Å². The van der Waals surface area contributed by atoms with Crippen molar-refractivity contribution in [3.05, 3.63) is 76.2 Å². The van der Waals surface area contributed by atoms with Crippen LogP contribution in [0, 0.1) is 5.82 Å². The lowest BCUT2D eigenvalue weighted by Crippen LogP contribution is -2.35. The van der Waals surface area contributed by atoms with Gasteiger partial charge in [-0.05, 0) is 31.2 Å². The molecule has 28 heavy (non-hydrogen) atoms. The molecule has 1 heterocycles. The molecule has 0 saturated heterocycles. The van der Waals surface area contributed by atoms with Gasteiger partial charge in [-0.15, -0.1) is 0 Å². The number of carbonyl (C=O) groups is 2. The van der Waals surface area contributed by atoms with Gasteiger partial charge in [-0.25, -0.2) is 9.18 Å². The first-order valence-electron chi connectivity index (χ1n) is 8.77. The van der Waals surface area contributed by atoms with Crippen LogP contribution in [0.5, 0.6) is 5.75 Å². The molecule has 0 fully saturated rings. The zero-order valence-electron chi connectivity index (χ0n) is 15.2. The summed E-state index contributed by atoms with van der Waals surface area (Å²) in [7, 11) is 0. The van der Waals surface area contributed by atoms with E-state index >= 15 is 0 Å². The van der Waals surface area contributed by atoms with Crippen LogP contribution < -0.4 is 10.1 Å². The molecular formula is C21H19ClFNO4. The Morgan fingerprint density at radius 1 is 1.18 bits per heavy atom. The number of amides is 1. The fourth-order valence-corrected chi connectivity index (χ4v) is 3.44. The monoisotopic (exact) mass is 403 g/mol. The van der Waals surface area contributed by atoms with E-state index in [1.54, 1.807) is 19.1 Å². The van der Waals surface area contributed by atoms with Gasteiger partial charge in [-0.3, -0.25) is 4.79 Å². The Morgan fingerprint density at radius 3 is 2.64 bits per heavy atom. The summed E-state index contributed by atoms with van der Waals surface area (Å²) in [5.41, 5.74) is 0.631. The standard InChI is InChI=1S/C21H19ClFNO4/c1-13-19(21(26)28-11-10-27-14-6-3-2-4-7-14)15(12-18(25)24-13)20-16(22)8-5-9-17(20)23/h2-9,15H,10-12H2,1H3,(H,24,25)/t15-/m0/s1. The van der Waals surface area contributed by atoms with E-state index in [9.17, 15) is 14.0 Å². The van der Waals surface area contributed by atoms with Crippen LogP contribution in [0.3, 0.4) is 0 Å². The molecule has 0 radical (unpaired) electrons. The van der Waals surface area contributed by atoms with Gasteiger partial charge < -0.3 is 14.8 Å². The summed E-state index contributed by atoms with van der Waals surface area (Å²) in [6, 6.07) is 13.4. The van der Waals surface area contributed by atoms with Crippen LogP contribution in [0.15, 0.2) is 59.8 Å². The number of carbonyl (C=O) groups excluding carboxylic acids is 2. The highest BCUT2D eigenvalue weighted by atomic mass is 35.5. The van der Waals surface area contributed by atoms with Crippen molar-refractivity contribution in [3.63, 3.8) is 0 Å². The SMILES string of the molecule is CC1=C(C(=O)OCCOc2ccccc2)[C@@H](c2c(F)cccc2Cl)CC(=O)N1. The molecule has 1 atom stereocenters. The third kappa shape index (κ3) is 4.51. The molecule has 0 unspecified atom stereocenters. The van der Waals surface area contributed by atoms with Crippen molar-refractivity contribution in [2.75, 3.05) is 13.2 Å². The lowest BCUT2D eigenvalue weighted by atomic mass is 9.84. The summed E-state index contributed by atoms with van der Waals surface area (Å²) < 4.78 is 25.2. The number of nitrogens with one attached hydrogen (secondary N) is 1. The molecule has 0 aliphatic carbocycles. The smallest absolute Gasteiger partial charge is 0.336 e. The van der Waals surface area contributed by atoms with Gasteiger partial charge in [-0.2, -0.15) is 0 Å². The molecule has 3 rings (SSSR count). The fourth-order valence-electron chi connectivity index (χ4n) is 3.15. The molecule has 1 aliphatic rings. The minimum absolute atomic E-state index is 0.0101. The summed E-state index contributed by atoms with van der Waals surface area (Å²) in [6.07, 6.45) is -0.0943. The molecule has 0 aromatic heterocycles. The molecule has 1 N–H and O–H groups in total. The molecule has 2 aromatic carbocycles. The molecule has 0 saturated carbocycles. The molecule has 0 spiro atoms. The first-order valence-corrected chi connectivity index (χ1v) is 9.14. The third-order valence-electron chi connectivity index (χ3n) is 4.37. The van der Waals surface area contributed by atoms with E-state index < -0.39 is 17.7 Å². The highest BCUT2D eigenvalue weighted by molar-refractivity contribution is 6.31. The summed E-state index contributed by atoms with van der Waals surface area (Å²) in [6.45, 7) is 1.76. The van der Waals surface area contributed by atoms with Crippen molar-refractivity contribution in [3.8, 4) is 5.75 Å². The maximum Gasteiger partial charge on any atom is 0.336 e. The third-order valence-corrected chi connectivity index (χ3v) is 4.70. The molecule has 1 aliphatic heterocycles. The summed E-state index contributed by atoms with van der Waals surface area (Å²) in [4.78, 5) is 24.7. The van der Waals surface area contributed by atoms with Gasteiger partial charge in [0, 0.05) is 28.6 Å². The zero-order chi connectivity index (χ0) is 20.1. The molecular weight excluding hydrogens is 385 g/mol. The highest BCUT2D eigenvalue weighted by Crippen LogP contribution is 2.38. The predicted molar refractivity (Wildman–Crippen MR) is 103 cm³/mol. The Hall–Kier alpha value is -2.86. The van der Waals surface area contributed by atoms with Gasteiger partial charge in [0.05, 0.1) is 5.57 Å². The van der Waals surface area contributed by atoms with Crippen molar-refractivity contribution < 1.29 is 23.5 Å². The van der Waals surface area contributed by atoms with E-state index in [1.165, 1.54) is 18.2 Å². The van der Waals surface area contributed by atoms with Crippen molar-refractivity contribution in [1.29, 1.82) is 0 Å². The molecule has 1 amide bonds. The summed E-state index contributed by atoms with van der Waals surface area (Å²) in [5.74, 6) is -1.68. The Balaban J connectivity index is 1.74. The lowest BCUT2D eigenvalue weighted by Gasteiger charge is -2.27. The van der Waals surface area contributed by atoms with Crippen LogP contribution in [0.2, 0.25) is 5.02 Å². The van der Waals surface area contributed by atoms with Crippen LogP contribution in [0.1, 0.15) is 24.8 Å². The van der Waals surface area contributed by atoms with Gasteiger partial charge in [0.25, 0.3) is 0 Å². The van der Waals surface area contributed by atoms with E-state index in [4.69, 9.17) is 21.1 Å². The van der Waals surface area contributed by atoms with Crippen molar-refractivity contribution >= 4 is 23.5 Å². The van der Waals surface area contributed by atoms with E-state index in [2.05, 4.69) is 5.32 Å². The second kappa shape index (κ2) is 8.89.